The molecule has 0 unspecified atom stereocenters. The molecule has 0 fully saturated rings. The molecule has 0 bridgehead atoms. The zero-order valence-electron chi connectivity index (χ0n) is 7.00. The van der Waals surface area contributed by atoms with E-state index in [4.69, 9.17) is 0 Å². The minimum atomic E-state index is -0.382. The van der Waals surface area contributed by atoms with Crippen molar-refractivity contribution < 1.29 is 9.59 Å². The van der Waals surface area contributed by atoms with E-state index in [0.717, 1.165) is 4.90 Å². The van der Waals surface area contributed by atoms with Gasteiger partial charge >= 0.3 is 6.03 Å². The number of carbonyl (C=O) groups excluding carboxylic acids is 2. The molecule has 0 atom stereocenters. The van der Waals surface area contributed by atoms with Gasteiger partial charge in [-0.3, -0.25) is 9.69 Å². The van der Waals surface area contributed by atoms with Crippen LogP contribution in [0.25, 0.3) is 0 Å². The second-order valence-corrected chi connectivity index (χ2v) is 2.15. The monoisotopic (exact) mass is 156 g/mol. The number of rotatable bonds is 1. The fourth-order valence-electron chi connectivity index (χ4n) is 0.449. The third kappa shape index (κ3) is 2.41. The van der Waals surface area contributed by atoms with Crippen molar-refractivity contribution in [3.63, 3.8) is 0 Å². The molecule has 4 nitrogen and oxygen atoms in total. The van der Waals surface area contributed by atoms with Crippen LogP contribution in [0.5, 0.6) is 0 Å². The first-order valence-electron chi connectivity index (χ1n) is 3.14. The van der Waals surface area contributed by atoms with E-state index in [-0.39, 0.29) is 11.9 Å². The lowest BCUT2D eigenvalue weighted by molar-refractivity contribution is -0.125. The SMILES string of the molecule is C=CN(C)C(=O)N(C)C(C)=O. The van der Waals surface area contributed by atoms with Gasteiger partial charge in [-0.05, 0) is 0 Å². The Hall–Kier alpha value is -1.32. The Morgan fingerprint density at radius 3 is 2.09 bits per heavy atom. The van der Waals surface area contributed by atoms with Crippen molar-refractivity contribution in [1.29, 1.82) is 0 Å². The minimum absolute atomic E-state index is 0.288. The van der Waals surface area contributed by atoms with Crippen LogP contribution in [-0.2, 0) is 4.79 Å². The summed E-state index contributed by atoms with van der Waals surface area (Å²) in [4.78, 5) is 24.0. The standard InChI is InChI=1S/C7H12N2O2/c1-5-8(3)7(11)9(4)6(2)10/h5H,1H2,2-4H3. The predicted molar refractivity (Wildman–Crippen MR) is 41.8 cm³/mol. The van der Waals surface area contributed by atoms with Gasteiger partial charge in [0.1, 0.15) is 0 Å². The average molecular weight is 156 g/mol. The molecule has 3 amide bonds. The molecule has 0 heterocycles. The lowest BCUT2D eigenvalue weighted by atomic mass is 10.6. The van der Waals surface area contributed by atoms with Crippen molar-refractivity contribution >= 4 is 11.9 Å². The predicted octanol–water partition coefficient (Wildman–Crippen LogP) is 0.660. The third-order valence-electron chi connectivity index (χ3n) is 1.33. The molecule has 0 aromatic heterocycles. The fourth-order valence-corrected chi connectivity index (χ4v) is 0.449. The zero-order valence-corrected chi connectivity index (χ0v) is 7.00. The first kappa shape index (κ1) is 9.68. The van der Waals surface area contributed by atoms with E-state index in [9.17, 15) is 9.59 Å². The molecule has 0 radical (unpaired) electrons. The molecular formula is C7H12N2O2. The Morgan fingerprint density at radius 2 is 1.82 bits per heavy atom. The molecule has 0 aromatic rings. The lowest BCUT2D eigenvalue weighted by Crippen LogP contribution is -2.38. The van der Waals surface area contributed by atoms with Gasteiger partial charge in [-0.15, -0.1) is 0 Å². The van der Waals surface area contributed by atoms with Crippen LogP contribution >= 0.6 is 0 Å². The first-order chi connectivity index (χ1) is 5.00. The van der Waals surface area contributed by atoms with Gasteiger partial charge in [0.15, 0.2) is 0 Å². The van der Waals surface area contributed by atoms with Gasteiger partial charge in [0.2, 0.25) is 5.91 Å². The van der Waals surface area contributed by atoms with Gasteiger partial charge in [0, 0.05) is 27.2 Å². The van der Waals surface area contributed by atoms with Crippen LogP contribution < -0.4 is 0 Å². The van der Waals surface area contributed by atoms with Crippen LogP contribution in [0.3, 0.4) is 0 Å². The molecule has 0 aliphatic carbocycles. The van der Waals surface area contributed by atoms with Crippen molar-refractivity contribution in [2.24, 2.45) is 0 Å². The molecule has 0 saturated carbocycles. The Kier molecular flexibility index (Phi) is 3.30. The number of imide groups is 1. The van der Waals surface area contributed by atoms with E-state index in [1.54, 1.807) is 0 Å². The summed E-state index contributed by atoms with van der Waals surface area (Å²) in [5, 5.41) is 0. The van der Waals surface area contributed by atoms with Crippen molar-refractivity contribution in [3.8, 4) is 0 Å². The van der Waals surface area contributed by atoms with E-state index >= 15 is 0 Å². The zero-order chi connectivity index (χ0) is 9.02. The Bertz CT molecular complexity index is 189. The Labute approximate surface area is 66.1 Å². The lowest BCUT2D eigenvalue weighted by Gasteiger charge is -2.18. The van der Waals surface area contributed by atoms with Gasteiger partial charge in [0.25, 0.3) is 0 Å². The van der Waals surface area contributed by atoms with Crippen LogP contribution in [0.4, 0.5) is 4.79 Å². The molecule has 11 heavy (non-hydrogen) atoms. The van der Waals surface area contributed by atoms with E-state index in [1.807, 2.05) is 0 Å². The summed E-state index contributed by atoms with van der Waals surface area (Å²) in [5.74, 6) is -0.288. The number of amides is 3. The molecule has 0 N–H and O–H groups in total. The van der Waals surface area contributed by atoms with Crippen LogP contribution in [0.2, 0.25) is 0 Å². The summed E-state index contributed by atoms with van der Waals surface area (Å²) >= 11 is 0. The molecule has 0 aromatic carbocycles. The topological polar surface area (TPSA) is 40.6 Å². The molecule has 0 saturated heterocycles. The summed E-state index contributed by atoms with van der Waals surface area (Å²) < 4.78 is 0. The highest BCUT2D eigenvalue weighted by Crippen LogP contribution is 1.93. The number of hydrogen-bond acceptors (Lipinski definition) is 2. The summed E-state index contributed by atoms with van der Waals surface area (Å²) in [6.45, 7) is 4.72. The molecule has 0 aliphatic heterocycles. The van der Waals surface area contributed by atoms with E-state index in [0.29, 0.717) is 0 Å². The van der Waals surface area contributed by atoms with Crippen LogP contribution in [0.15, 0.2) is 12.8 Å². The van der Waals surface area contributed by atoms with Crippen molar-refractivity contribution in [2.45, 2.75) is 6.92 Å². The summed E-state index contributed by atoms with van der Waals surface area (Å²) in [7, 11) is 2.96. The van der Waals surface area contributed by atoms with Gasteiger partial charge in [0.05, 0.1) is 0 Å². The summed E-state index contributed by atoms with van der Waals surface area (Å²) in [6, 6.07) is -0.382. The van der Waals surface area contributed by atoms with E-state index < -0.39 is 0 Å². The van der Waals surface area contributed by atoms with Crippen molar-refractivity contribution in [3.05, 3.63) is 12.8 Å². The van der Waals surface area contributed by atoms with Gasteiger partial charge in [-0.2, -0.15) is 0 Å². The molecule has 62 valence electrons. The maximum atomic E-state index is 11.1. The largest absolute Gasteiger partial charge is 0.330 e. The Morgan fingerprint density at radius 1 is 1.36 bits per heavy atom. The van der Waals surface area contributed by atoms with E-state index in [1.165, 1.54) is 32.1 Å². The molecule has 0 spiro atoms. The van der Waals surface area contributed by atoms with Crippen LogP contribution in [0.1, 0.15) is 6.92 Å². The first-order valence-corrected chi connectivity index (χ1v) is 3.14. The maximum absolute atomic E-state index is 11.1. The van der Waals surface area contributed by atoms with Crippen LogP contribution in [0, 0.1) is 0 Å². The second-order valence-electron chi connectivity index (χ2n) is 2.15. The third-order valence-corrected chi connectivity index (χ3v) is 1.33. The van der Waals surface area contributed by atoms with Crippen molar-refractivity contribution in [2.75, 3.05) is 14.1 Å². The molecular weight excluding hydrogens is 144 g/mol. The molecule has 0 rings (SSSR count). The normalized spacial score (nSPS) is 8.64. The van der Waals surface area contributed by atoms with Crippen LogP contribution in [-0.4, -0.2) is 35.8 Å². The maximum Gasteiger partial charge on any atom is 0.330 e. The number of nitrogens with zero attached hydrogens (tertiary/aromatic N) is 2. The molecule has 4 heteroatoms. The van der Waals surface area contributed by atoms with Gasteiger partial charge in [-0.25, -0.2) is 4.79 Å². The fraction of sp³-hybridized carbons (Fsp3) is 0.429. The Balaban J connectivity index is 4.24. The van der Waals surface area contributed by atoms with E-state index in [2.05, 4.69) is 6.58 Å². The highest BCUT2D eigenvalue weighted by molar-refractivity contribution is 5.93. The smallest absolute Gasteiger partial charge is 0.304 e. The highest BCUT2D eigenvalue weighted by Gasteiger charge is 2.14. The highest BCUT2D eigenvalue weighted by atomic mass is 16.2. The number of hydrogen-bond donors (Lipinski definition) is 0. The minimum Gasteiger partial charge on any atom is -0.304 e. The van der Waals surface area contributed by atoms with Gasteiger partial charge in [-0.1, -0.05) is 6.58 Å². The summed E-state index contributed by atoms with van der Waals surface area (Å²) in [5.41, 5.74) is 0. The van der Waals surface area contributed by atoms with Gasteiger partial charge < -0.3 is 4.90 Å². The van der Waals surface area contributed by atoms with Crippen molar-refractivity contribution in [1.82, 2.24) is 9.80 Å². The number of urea groups is 1. The average Bonchev–Trinajstić information content (AvgIpc) is 2.00. The number of carbonyl (C=O) groups is 2. The molecule has 0 aliphatic rings. The second kappa shape index (κ2) is 3.75. The quantitative estimate of drug-likeness (QED) is 0.559. The summed E-state index contributed by atoms with van der Waals surface area (Å²) in [6.07, 6.45) is 1.35.